The zero-order valence-corrected chi connectivity index (χ0v) is 8.27. The number of nitrogens with zero attached hydrogens (tertiary/aromatic N) is 1. The van der Waals surface area contributed by atoms with Gasteiger partial charge in [-0.05, 0) is 32.7 Å². The summed E-state index contributed by atoms with van der Waals surface area (Å²) in [6, 6.07) is 0.994. The lowest BCUT2D eigenvalue weighted by atomic mass is 9.84. The van der Waals surface area contributed by atoms with Crippen LogP contribution in [0.25, 0.3) is 0 Å². The van der Waals surface area contributed by atoms with Gasteiger partial charge < -0.3 is 0 Å². The number of carbonyl (C=O) groups excluding carboxylic acids is 1. The summed E-state index contributed by atoms with van der Waals surface area (Å²) in [5.41, 5.74) is 0. The van der Waals surface area contributed by atoms with Crippen molar-refractivity contribution in [2.75, 3.05) is 7.05 Å². The number of carbonyl (C=O) groups is 1. The van der Waals surface area contributed by atoms with Crippen LogP contribution in [0.1, 0.15) is 32.1 Å². The average molecular weight is 190 g/mol. The van der Waals surface area contributed by atoms with E-state index in [1.165, 1.54) is 12.8 Å². The van der Waals surface area contributed by atoms with Crippen molar-refractivity contribution in [1.29, 1.82) is 0 Å². The second kappa shape index (κ2) is 3.75. The van der Waals surface area contributed by atoms with Crippen LogP contribution in [0.3, 0.4) is 0 Å². The first-order valence-electron chi connectivity index (χ1n) is 4.53. The van der Waals surface area contributed by atoms with Crippen molar-refractivity contribution in [3.05, 3.63) is 0 Å². The quantitative estimate of drug-likeness (QED) is 0.578. The maximum atomic E-state index is 11.4. The van der Waals surface area contributed by atoms with Gasteiger partial charge in [0.2, 0.25) is 0 Å². The Hall–Kier alpha value is -0.0800. The normalized spacial score (nSPS) is 35.9. The Bertz CT molecular complexity index is 183. The fraction of sp³-hybridized carbons (Fsp3) is 0.889. The Morgan fingerprint density at radius 2 is 2.08 bits per heavy atom. The highest BCUT2D eigenvalue weighted by Crippen LogP contribution is 2.29. The number of halogens is 1. The van der Waals surface area contributed by atoms with Crippen LogP contribution in [-0.2, 0) is 4.79 Å². The van der Waals surface area contributed by atoms with Crippen molar-refractivity contribution < 1.29 is 4.79 Å². The highest BCUT2D eigenvalue weighted by molar-refractivity contribution is 5.85. The lowest BCUT2D eigenvalue weighted by molar-refractivity contribution is -0.130. The van der Waals surface area contributed by atoms with Crippen LogP contribution in [0, 0.1) is 0 Å². The predicted molar refractivity (Wildman–Crippen MR) is 50.7 cm³/mol. The Kier molecular flexibility index (Phi) is 3.13. The molecule has 0 N–H and O–H groups in total. The van der Waals surface area contributed by atoms with Crippen molar-refractivity contribution in [2.45, 2.75) is 44.2 Å². The first-order valence-corrected chi connectivity index (χ1v) is 4.53. The third-order valence-corrected chi connectivity index (χ3v) is 3.18. The number of rotatable bonds is 0. The molecule has 0 amide bonds. The molecule has 2 nitrogen and oxygen atoms in total. The van der Waals surface area contributed by atoms with Gasteiger partial charge in [-0.25, -0.2) is 0 Å². The van der Waals surface area contributed by atoms with E-state index in [0.29, 0.717) is 11.8 Å². The van der Waals surface area contributed by atoms with E-state index < -0.39 is 0 Å². The summed E-state index contributed by atoms with van der Waals surface area (Å²) in [6.07, 6.45) is 5.60. The molecule has 2 fully saturated rings. The monoisotopic (exact) mass is 189 g/mol. The zero-order valence-electron chi connectivity index (χ0n) is 7.45. The van der Waals surface area contributed by atoms with Crippen LogP contribution in [-0.4, -0.2) is 29.8 Å². The highest BCUT2D eigenvalue weighted by Gasteiger charge is 2.35. The van der Waals surface area contributed by atoms with Crippen molar-refractivity contribution >= 4 is 18.2 Å². The van der Waals surface area contributed by atoms with Gasteiger partial charge in [-0.15, -0.1) is 12.4 Å². The number of piperidine rings is 2. The SMILES string of the molecule is CN1C2CCCC1C(=O)CC2.Cl. The third kappa shape index (κ3) is 1.50. The smallest absolute Gasteiger partial charge is 0.150 e. The highest BCUT2D eigenvalue weighted by atomic mass is 35.5. The fourth-order valence-electron chi connectivity index (χ4n) is 2.42. The zero-order chi connectivity index (χ0) is 7.84. The molecule has 0 aliphatic carbocycles. The van der Waals surface area contributed by atoms with Crippen LogP contribution in [0.4, 0.5) is 0 Å². The lowest BCUT2D eigenvalue weighted by Crippen LogP contribution is -2.51. The lowest BCUT2D eigenvalue weighted by Gasteiger charge is -2.42. The van der Waals surface area contributed by atoms with Gasteiger partial charge in [-0.3, -0.25) is 9.69 Å². The van der Waals surface area contributed by atoms with E-state index in [2.05, 4.69) is 11.9 Å². The van der Waals surface area contributed by atoms with E-state index >= 15 is 0 Å². The average Bonchev–Trinajstić information content (AvgIpc) is 1.98. The standard InChI is InChI=1S/C9H15NO.ClH/c1-10-7-3-2-4-8(10)9(11)6-5-7;/h7-8H,2-6H2,1H3;1H. The van der Waals surface area contributed by atoms with Gasteiger partial charge >= 0.3 is 0 Å². The summed E-state index contributed by atoms with van der Waals surface area (Å²) in [4.78, 5) is 13.7. The van der Waals surface area contributed by atoms with Crippen LogP contribution in [0.2, 0.25) is 0 Å². The molecule has 0 radical (unpaired) electrons. The molecule has 2 rings (SSSR count). The largest absolute Gasteiger partial charge is 0.298 e. The minimum atomic E-state index is 0. The molecule has 2 atom stereocenters. The second-order valence-electron chi connectivity index (χ2n) is 3.77. The molecule has 0 saturated carbocycles. The van der Waals surface area contributed by atoms with Crippen molar-refractivity contribution in [2.24, 2.45) is 0 Å². The minimum Gasteiger partial charge on any atom is -0.298 e. The van der Waals surface area contributed by atoms with Crippen molar-refractivity contribution in [1.82, 2.24) is 4.90 Å². The predicted octanol–water partition coefficient (Wildman–Crippen LogP) is 1.62. The third-order valence-electron chi connectivity index (χ3n) is 3.18. The summed E-state index contributed by atoms with van der Waals surface area (Å²) in [5.74, 6) is 0.475. The van der Waals surface area contributed by atoms with Gasteiger partial charge in [0.05, 0.1) is 6.04 Å². The van der Waals surface area contributed by atoms with Crippen LogP contribution < -0.4 is 0 Å². The van der Waals surface area contributed by atoms with E-state index in [1.807, 2.05) is 0 Å². The number of hydrogen-bond donors (Lipinski definition) is 0. The summed E-state index contributed by atoms with van der Waals surface area (Å²) in [5, 5.41) is 0. The number of ketones is 1. The van der Waals surface area contributed by atoms with E-state index in [-0.39, 0.29) is 18.4 Å². The molecular weight excluding hydrogens is 174 g/mol. The first-order chi connectivity index (χ1) is 5.29. The van der Waals surface area contributed by atoms with E-state index in [0.717, 1.165) is 19.3 Å². The molecule has 2 saturated heterocycles. The number of Topliss-reactive ketones (excluding diaryl/α,β-unsaturated/α-hetero) is 1. The van der Waals surface area contributed by atoms with Crippen LogP contribution >= 0.6 is 12.4 Å². The Morgan fingerprint density at radius 3 is 2.75 bits per heavy atom. The molecule has 12 heavy (non-hydrogen) atoms. The topological polar surface area (TPSA) is 20.3 Å². The molecule has 0 aromatic rings. The maximum absolute atomic E-state index is 11.4. The summed E-state index contributed by atoms with van der Waals surface area (Å²) >= 11 is 0. The van der Waals surface area contributed by atoms with Gasteiger partial charge in [0.25, 0.3) is 0 Å². The van der Waals surface area contributed by atoms with Crippen LogP contribution in [0.15, 0.2) is 0 Å². The first kappa shape index (κ1) is 10.0. The molecule has 2 aliphatic rings. The molecule has 3 heteroatoms. The van der Waals surface area contributed by atoms with Gasteiger partial charge in [-0.2, -0.15) is 0 Å². The molecular formula is C9H16ClNO. The van der Waals surface area contributed by atoms with Crippen molar-refractivity contribution in [3.63, 3.8) is 0 Å². The van der Waals surface area contributed by atoms with E-state index in [1.54, 1.807) is 0 Å². The van der Waals surface area contributed by atoms with Crippen LogP contribution in [0.5, 0.6) is 0 Å². The molecule has 0 spiro atoms. The number of hydrogen-bond acceptors (Lipinski definition) is 2. The molecule has 70 valence electrons. The van der Waals surface area contributed by atoms with Gasteiger partial charge in [0.15, 0.2) is 0 Å². The van der Waals surface area contributed by atoms with Crippen molar-refractivity contribution in [3.8, 4) is 0 Å². The Morgan fingerprint density at radius 1 is 1.33 bits per heavy atom. The summed E-state index contributed by atoms with van der Waals surface area (Å²) in [6.45, 7) is 0. The molecule has 2 heterocycles. The molecule has 2 unspecified atom stereocenters. The minimum absolute atomic E-state index is 0. The van der Waals surface area contributed by atoms with E-state index in [4.69, 9.17) is 0 Å². The van der Waals surface area contributed by atoms with E-state index in [9.17, 15) is 4.79 Å². The number of likely N-dealkylation sites (N-methyl/N-ethyl adjacent to an activating group) is 1. The molecule has 2 aliphatic heterocycles. The second-order valence-corrected chi connectivity index (χ2v) is 3.77. The summed E-state index contributed by atoms with van der Waals surface area (Å²) < 4.78 is 0. The Balaban J connectivity index is 0.000000720. The van der Waals surface area contributed by atoms with Gasteiger partial charge in [0, 0.05) is 12.5 Å². The number of fused-ring (bicyclic) bond motifs is 2. The molecule has 2 bridgehead atoms. The Labute approximate surface area is 79.7 Å². The maximum Gasteiger partial charge on any atom is 0.150 e. The summed E-state index contributed by atoms with van der Waals surface area (Å²) in [7, 11) is 2.10. The van der Waals surface area contributed by atoms with Gasteiger partial charge in [-0.1, -0.05) is 0 Å². The fourth-order valence-corrected chi connectivity index (χ4v) is 2.42. The molecule has 0 aromatic carbocycles. The molecule has 0 aromatic heterocycles. The van der Waals surface area contributed by atoms with Gasteiger partial charge in [0.1, 0.15) is 5.78 Å².